The number of rotatable bonds is 8. The first-order valence-electron chi connectivity index (χ1n) is 7.00. The Morgan fingerprint density at radius 2 is 2.00 bits per heavy atom. The number of nitrogens with zero attached hydrogens (tertiary/aromatic N) is 2. The Bertz CT molecular complexity index is 302. The zero-order valence-corrected chi connectivity index (χ0v) is 11.5. The van der Waals surface area contributed by atoms with Crippen molar-refractivity contribution in [2.45, 2.75) is 64.8 Å². The van der Waals surface area contributed by atoms with Crippen LogP contribution in [0.15, 0.2) is 12.5 Å². The van der Waals surface area contributed by atoms with E-state index in [0.717, 1.165) is 6.42 Å². The molecule has 0 aliphatic carbocycles. The van der Waals surface area contributed by atoms with E-state index in [1.165, 1.54) is 31.4 Å². The number of unbranched alkanes of at least 4 members (excludes halogenated alkanes) is 1. The lowest BCUT2D eigenvalue weighted by molar-refractivity contribution is 0.429. The third kappa shape index (κ3) is 3.56. The molecule has 98 valence electrons. The maximum absolute atomic E-state index is 5.91. The summed E-state index contributed by atoms with van der Waals surface area (Å²) >= 11 is 0. The van der Waals surface area contributed by atoms with Crippen molar-refractivity contribution in [2.24, 2.45) is 5.73 Å². The smallest absolute Gasteiger partial charge is 0.0951 e. The maximum Gasteiger partial charge on any atom is 0.0951 e. The number of aromatic nitrogens is 2. The number of hydrogen-bond donors (Lipinski definition) is 1. The van der Waals surface area contributed by atoms with Gasteiger partial charge in [-0.15, -0.1) is 0 Å². The Morgan fingerprint density at radius 3 is 2.53 bits per heavy atom. The standard InChI is InChI=1S/C14H27N3/c1-4-7-8-13(9-15)17-11-16-10-14(17)12(5-2)6-3/h10-13H,4-9,15H2,1-3H3. The molecule has 0 amide bonds. The third-order valence-electron chi connectivity index (χ3n) is 3.66. The van der Waals surface area contributed by atoms with Crippen LogP contribution in [0, 0.1) is 0 Å². The lowest BCUT2D eigenvalue weighted by atomic mass is 9.99. The third-order valence-corrected chi connectivity index (χ3v) is 3.66. The minimum atomic E-state index is 0.424. The SMILES string of the molecule is CCCCC(CN)n1cncc1C(CC)CC. The molecule has 0 fully saturated rings. The van der Waals surface area contributed by atoms with Crippen LogP contribution in [0.25, 0.3) is 0 Å². The summed E-state index contributed by atoms with van der Waals surface area (Å²) in [5, 5.41) is 0. The van der Waals surface area contributed by atoms with E-state index in [9.17, 15) is 0 Å². The van der Waals surface area contributed by atoms with Gasteiger partial charge in [0.1, 0.15) is 0 Å². The van der Waals surface area contributed by atoms with Crippen LogP contribution >= 0.6 is 0 Å². The molecule has 0 aliphatic heterocycles. The second-order valence-corrected chi connectivity index (χ2v) is 4.77. The highest BCUT2D eigenvalue weighted by Gasteiger charge is 2.17. The van der Waals surface area contributed by atoms with Crippen LogP contribution in [-0.4, -0.2) is 16.1 Å². The molecule has 0 aliphatic rings. The number of imidazole rings is 1. The second kappa shape index (κ2) is 7.49. The quantitative estimate of drug-likeness (QED) is 0.752. The van der Waals surface area contributed by atoms with Gasteiger partial charge in [0.25, 0.3) is 0 Å². The normalized spacial score (nSPS) is 13.2. The van der Waals surface area contributed by atoms with E-state index < -0.39 is 0 Å². The van der Waals surface area contributed by atoms with Gasteiger partial charge < -0.3 is 10.3 Å². The Hall–Kier alpha value is -0.830. The molecule has 1 atom stereocenters. The van der Waals surface area contributed by atoms with E-state index in [1.807, 2.05) is 12.5 Å². The van der Waals surface area contributed by atoms with Crippen molar-refractivity contribution in [3.63, 3.8) is 0 Å². The zero-order chi connectivity index (χ0) is 12.7. The largest absolute Gasteiger partial charge is 0.330 e. The van der Waals surface area contributed by atoms with Crippen LogP contribution in [0.3, 0.4) is 0 Å². The molecule has 0 bridgehead atoms. The first-order valence-corrected chi connectivity index (χ1v) is 7.00. The molecule has 17 heavy (non-hydrogen) atoms. The zero-order valence-electron chi connectivity index (χ0n) is 11.5. The summed E-state index contributed by atoms with van der Waals surface area (Å²) in [6.45, 7) is 7.43. The topological polar surface area (TPSA) is 43.8 Å². The monoisotopic (exact) mass is 237 g/mol. The number of nitrogens with two attached hydrogens (primary N) is 1. The predicted octanol–water partition coefficient (Wildman–Crippen LogP) is 3.48. The number of hydrogen-bond acceptors (Lipinski definition) is 2. The predicted molar refractivity (Wildman–Crippen MR) is 73.2 cm³/mol. The lowest BCUT2D eigenvalue weighted by Gasteiger charge is -2.22. The molecular weight excluding hydrogens is 210 g/mol. The Labute approximate surface area is 105 Å². The molecule has 1 aromatic rings. The molecule has 0 radical (unpaired) electrons. The van der Waals surface area contributed by atoms with Crippen LogP contribution in [0.2, 0.25) is 0 Å². The fourth-order valence-electron chi connectivity index (χ4n) is 2.45. The summed E-state index contributed by atoms with van der Waals surface area (Å²) in [6.07, 6.45) is 9.96. The molecule has 2 N–H and O–H groups in total. The molecule has 0 aromatic carbocycles. The van der Waals surface area contributed by atoms with Gasteiger partial charge in [-0.3, -0.25) is 0 Å². The molecule has 0 saturated heterocycles. The van der Waals surface area contributed by atoms with Gasteiger partial charge in [0.15, 0.2) is 0 Å². The molecular formula is C14H27N3. The first kappa shape index (κ1) is 14.2. The Kier molecular flexibility index (Phi) is 6.27. The Balaban J connectivity index is 2.84. The van der Waals surface area contributed by atoms with E-state index in [2.05, 4.69) is 30.3 Å². The van der Waals surface area contributed by atoms with Gasteiger partial charge in [-0.05, 0) is 19.3 Å². The Morgan fingerprint density at radius 1 is 1.29 bits per heavy atom. The van der Waals surface area contributed by atoms with E-state index in [-0.39, 0.29) is 0 Å². The van der Waals surface area contributed by atoms with Gasteiger partial charge in [-0.1, -0.05) is 33.6 Å². The molecule has 1 unspecified atom stereocenters. The summed E-state index contributed by atoms with van der Waals surface area (Å²) < 4.78 is 2.31. The van der Waals surface area contributed by atoms with E-state index in [0.29, 0.717) is 18.5 Å². The first-order chi connectivity index (χ1) is 8.28. The summed E-state index contributed by atoms with van der Waals surface area (Å²) in [7, 11) is 0. The van der Waals surface area contributed by atoms with Crippen molar-refractivity contribution in [3.05, 3.63) is 18.2 Å². The summed E-state index contributed by atoms with van der Waals surface area (Å²) in [5.74, 6) is 0.619. The lowest BCUT2D eigenvalue weighted by Crippen LogP contribution is -2.21. The van der Waals surface area contributed by atoms with Gasteiger partial charge in [-0.2, -0.15) is 0 Å². The van der Waals surface area contributed by atoms with Crippen LogP contribution < -0.4 is 5.73 Å². The summed E-state index contributed by atoms with van der Waals surface area (Å²) in [6, 6.07) is 0.424. The summed E-state index contributed by atoms with van der Waals surface area (Å²) in [4.78, 5) is 4.32. The van der Waals surface area contributed by atoms with Gasteiger partial charge >= 0.3 is 0 Å². The van der Waals surface area contributed by atoms with Crippen molar-refractivity contribution in [2.75, 3.05) is 6.54 Å². The molecule has 1 aromatic heterocycles. The van der Waals surface area contributed by atoms with E-state index in [1.54, 1.807) is 0 Å². The fraction of sp³-hybridized carbons (Fsp3) is 0.786. The second-order valence-electron chi connectivity index (χ2n) is 4.77. The highest BCUT2D eigenvalue weighted by molar-refractivity contribution is 5.07. The minimum Gasteiger partial charge on any atom is -0.330 e. The molecule has 3 nitrogen and oxygen atoms in total. The maximum atomic E-state index is 5.91. The van der Waals surface area contributed by atoms with E-state index in [4.69, 9.17) is 5.73 Å². The average Bonchev–Trinajstić information content (AvgIpc) is 2.81. The molecule has 1 heterocycles. The van der Waals surface area contributed by atoms with Gasteiger partial charge in [0.05, 0.1) is 6.33 Å². The average molecular weight is 237 g/mol. The van der Waals surface area contributed by atoms with Crippen molar-refractivity contribution in [1.82, 2.24) is 9.55 Å². The van der Waals surface area contributed by atoms with Crippen LogP contribution in [0.5, 0.6) is 0 Å². The van der Waals surface area contributed by atoms with Crippen LogP contribution in [-0.2, 0) is 0 Å². The van der Waals surface area contributed by atoms with Gasteiger partial charge in [0, 0.05) is 30.4 Å². The molecule has 0 spiro atoms. The van der Waals surface area contributed by atoms with Crippen LogP contribution in [0.4, 0.5) is 0 Å². The molecule has 0 saturated carbocycles. The summed E-state index contributed by atoms with van der Waals surface area (Å²) in [5.41, 5.74) is 7.27. The van der Waals surface area contributed by atoms with Crippen molar-refractivity contribution in [1.29, 1.82) is 0 Å². The fourth-order valence-corrected chi connectivity index (χ4v) is 2.45. The van der Waals surface area contributed by atoms with Gasteiger partial charge in [0.2, 0.25) is 0 Å². The highest BCUT2D eigenvalue weighted by Crippen LogP contribution is 2.26. The van der Waals surface area contributed by atoms with Crippen molar-refractivity contribution < 1.29 is 0 Å². The van der Waals surface area contributed by atoms with E-state index >= 15 is 0 Å². The minimum absolute atomic E-state index is 0.424. The molecule has 3 heteroatoms. The van der Waals surface area contributed by atoms with Crippen molar-refractivity contribution in [3.8, 4) is 0 Å². The van der Waals surface area contributed by atoms with Gasteiger partial charge in [-0.25, -0.2) is 4.98 Å². The molecule has 1 rings (SSSR count). The van der Waals surface area contributed by atoms with Crippen molar-refractivity contribution >= 4 is 0 Å². The van der Waals surface area contributed by atoms with Crippen LogP contribution in [0.1, 0.15) is 70.5 Å². The highest BCUT2D eigenvalue weighted by atomic mass is 15.1.